The topological polar surface area (TPSA) is 81.9 Å². The maximum absolute atomic E-state index is 12.1. The van der Waals surface area contributed by atoms with Crippen LogP contribution in [0.15, 0.2) is 85.5 Å². The smallest absolute Gasteiger partial charge is 0.248 e. The van der Waals surface area contributed by atoms with Crippen LogP contribution in [-0.2, 0) is 4.79 Å². The molecule has 1 amide bonds. The summed E-state index contributed by atoms with van der Waals surface area (Å²) in [4.78, 5) is 16.1. The molecule has 8 heteroatoms. The number of imidazole rings is 1. The lowest BCUT2D eigenvalue weighted by molar-refractivity contribution is -0.111. The zero-order chi connectivity index (χ0) is 20.8. The van der Waals surface area contributed by atoms with E-state index < -0.39 is 0 Å². The van der Waals surface area contributed by atoms with E-state index in [2.05, 4.69) is 20.5 Å². The number of ether oxygens (including phenoxy) is 1. The molecule has 30 heavy (non-hydrogen) atoms. The highest BCUT2D eigenvalue weighted by Crippen LogP contribution is 2.22. The largest absolute Gasteiger partial charge is 0.438 e. The zero-order valence-electron chi connectivity index (χ0n) is 15.6. The number of nitrogens with one attached hydrogen (secondary N) is 1. The average molecular weight is 418 g/mol. The number of amides is 1. The second kappa shape index (κ2) is 9.02. The fraction of sp³-hybridized carbons (Fsp3) is 0. The Balaban J connectivity index is 1.35. The first-order valence-electron chi connectivity index (χ1n) is 9.01. The van der Waals surface area contributed by atoms with Crippen LogP contribution in [-0.4, -0.2) is 25.7 Å². The van der Waals surface area contributed by atoms with Gasteiger partial charge in [-0.3, -0.25) is 9.36 Å². The highest BCUT2D eigenvalue weighted by molar-refractivity contribution is 6.32. The summed E-state index contributed by atoms with van der Waals surface area (Å²) in [5, 5.41) is 11.5. The Hall–Kier alpha value is -3.97. The van der Waals surface area contributed by atoms with Gasteiger partial charge in [-0.2, -0.15) is 0 Å². The third kappa shape index (κ3) is 4.89. The minimum absolute atomic E-state index is 0.260. The Labute approximate surface area is 177 Å². The number of anilines is 1. The van der Waals surface area contributed by atoms with Crippen LogP contribution in [0.4, 0.5) is 5.69 Å². The van der Waals surface area contributed by atoms with Gasteiger partial charge >= 0.3 is 0 Å². The van der Waals surface area contributed by atoms with E-state index in [1.54, 1.807) is 71.8 Å². The molecule has 0 atom stereocenters. The molecule has 148 valence electrons. The van der Waals surface area contributed by atoms with Gasteiger partial charge in [0.25, 0.3) is 0 Å². The molecule has 0 fully saturated rings. The van der Waals surface area contributed by atoms with Gasteiger partial charge in [-0.15, -0.1) is 10.2 Å². The second-order valence-electron chi connectivity index (χ2n) is 6.17. The molecular formula is C22H16ClN5O2. The second-order valence-corrected chi connectivity index (χ2v) is 6.58. The maximum Gasteiger partial charge on any atom is 0.248 e. The normalized spacial score (nSPS) is 10.8. The number of nitrogens with zero attached hydrogens (tertiary/aromatic N) is 4. The first-order valence-corrected chi connectivity index (χ1v) is 9.39. The van der Waals surface area contributed by atoms with E-state index in [-0.39, 0.29) is 5.91 Å². The standard InChI is InChI=1S/C22H16ClN5O2/c23-19-4-2-1-3-16(19)5-11-21(29)25-17-6-8-18(9-7-17)30-22-12-10-20(26-27-22)28-14-13-24-15-28/h1-15H,(H,25,29)/b11-5+. The third-order valence-corrected chi connectivity index (χ3v) is 4.40. The van der Waals surface area contributed by atoms with Crippen LogP contribution < -0.4 is 10.1 Å². The van der Waals surface area contributed by atoms with E-state index in [0.29, 0.717) is 28.2 Å². The molecule has 0 radical (unpaired) electrons. The van der Waals surface area contributed by atoms with Crippen molar-refractivity contribution >= 4 is 29.3 Å². The summed E-state index contributed by atoms with van der Waals surface area (Å²) in [7, 11) is 0. The van der Waals surface area contributed by atoms with Gasteiger partial charge in [0.05, 0.1) is 0 Å². The Morgan fingerprint density at radius 1 is 1.03 bits per heavy atom. The summed E-state index contributed by atoms with van der Waals surface area (Å²) in [6.07, 6.45) is 8.19. The molecule has 0 bridgehead atoms. The molecule has 0 aliphatic rings. The van der Waals surface area contributed by atoms with Gasteiger partial charge in [0.1, 0.15) is 12.1 Å². The van der Waals surface area contributed by atoms with Gasteiger partial charge in [-0.25, -0.2) is 4.98 Å². The first kappa shape index (κ1) is 19.4. The maximum atomic E-state index is 12.1. The summed E-state index contributed by atoms with van der Waals surface area (Å²) < 4.78 is 7.43. The van der Waals surface area contributed by atoms with E-state index in [1.807, 2.05) is 18.2 Å². The number of benzene rings is 2. The van der Waals surface area contributed by atoms with E-state index in [0.717, 1.165) is 5.56 Å². The average Bonchev–Trinajstić information content (AvgIpc) is 3.30. The number of carbonyl (C=O) groups is 1. The molecule has 1 N–H and O–H groups in total. The van der Waals surface area contributed by atoms with Crippen molar-refractivity contribution in [3.8, 4) is 17.4 Å². The van der Waals surface area contributed by atoms with E-state index in [1.165, 1.54) is 6.08 Å². The van der Waals surface area contributed by atoms with Crippen molar-refractivity contribution in [3.05, 3.63) is 96.0 Å². The van der Waals surface area contributed by atoms with Crippen molar-refractivity contribution in [2.45, 2.75) is 0 Å². The monoisotopic (exact) mass is 417 g/mol. The van der Waals surface area contributed by atoms with Crippen molar-refractivity contribution in [3.63, 3.8) is 0 Å². The van der Waals surface area contributed by atoms with Crippen LogP contribution in [0.5, 0.6) is 11.6 Å². The third-order valence-electron chi connectivity index (χ3n) is 4.06. The fourth-order valence-corrected chi connectivity index (χ4v) is 2.79. The molecule has 4 aromatic rings. The van der Waals surface area contributed by atoms with Gasteiger partial charge < -0.3 is 10.1 Å². The molecule has 4 rings (SSSR count). The Kier molecular flexibility index (Phi) is 5.82. The number of carbonyl (C=O) groups excluding carboxylic acids is 1. The molecule has 0 saturated carbocycles. The Morgan fingerprint density at radius 2 is 1.87 bits per heavy atom. The molecule has 2 aromatic heterocycles. The lowest BCUT2D eigenvalue weighted by Gasteiger charge is -2.07. The van der Waals surface area contributed by atoms with Gasteiger partial charge in [0.15, 0.2) is 5.82 Å². The zero-order valence-corrected chi connectivity index (χ0v) is 16.4. The predicted molar refractivity (Wildman–Crippen MR) is 115 cm³/mol. The fourth-order valence-electron chi connectivity index (χ4n) is 2.59. The van der Waals surface area contributed by atoms with E-state index in [9.17, 15) is 4.79 Å². The number of aromatic nitrogens is 4. The molecular weight excluding hydrogens is 402 g/mol. The van der Waals surface area contributed by atoms with Crippen molar-refractivity contribution < 1.29 is 9.53 Å². The first-order chi connectivity index (χ1) is 14.7. The quantitative estimate of drug-likeness (QED) is 0.457. The van der Waals surface area contributed by atoms with Gasteiger partial charge in [0, 0.05) is 35.2 Å². The predicted octanol–water partition coefficient (Wildman–Crippen LogP) is 4.76. The lowest BCUT2D eigenvalue weighted by atomic mass is 10.2. The molecule has 2 aromatic carbocycles. The summed E-state index contributed by atoms with van der Waals surface area (Å²) >= 11 is 6.08. The van der Waals surface area contributed by atoms with Crippen LogP contribution >= 0.6 is 11.6 Å². The number of halogens is 1. The SMILES string of the molecule is O=C(/C=C/c1ccccc1Cl)Nc1ccc(Oc2ccc(-n3ccnc3)nn2)cc1. The highest BCUT2D eigenvalue weighted by atomic mass is 35.5. The van der Waals surface area contributed by atoms with E-state index in [4.69, 9.17) is 16.3 Å². The van der Waals surface area contributed by atoms with Crippen molar-refractivity contribution in [1.29, 1.82) is 0 Å². The minimum atomic E-state index is -0.260. The highest BCUT2D eigenvalue weighted by Gasteiger charge is 2.04. The minimum Gasteiger partial charge on any atom is -0.438 e. The van der Waals surface area contributed by atoms with Crippen LogP contribution in [0.1, 0.15) is 5.56 Å². The molecule has 7 nitrogen and oxygen atoms in total. The van der Waals surface area contributed by atoms with E-state index >= 15 is 0 Å². The molecule has 0 spiro atoms. The molecule has 0 unspecified atom stereocenters. The van der Waals surface area contributed by atoms with Gasteiger partial charge in [-0.1, -0.05) is 29.8 Å². The van der Waals surface area contributed by atoms with Gasteiger partial charge in [0.2, 0.25) is 11.8 Å². The molecule has 0 aliphatic heterocycles. The molecule has 2 heterocycles. The summed E-state index contributed by atoms with van der Waals surface area (Å²) in [5.41, 5.74) is 1.41. The van der Waals surface area contributed by atoms with Crippen LogP contribution in [0.25, 0.3) is 11.9 Å². The Bertz CT molecular complexity index is 1160. The van der Waals surface area contributed by atoms with Crippen molar-refractivity contribution in [2.24, 2.45) is 0 Å². The van der Waals surface area contributed by atoms with Crippen molar-refractivity contribution in [2.75, 3.05) is 5.32 Å². The lowest BCUT2D eigenvalue weighted by Crippen LogP contribution is -2.07. The number of hydrogen-bond acceptors (Lipinski definition) is 5. The van der Waals surface area contributed by atoms with Crippen molar-refractivity contribution in [1.82, 2.24) is 19.7 Å². The number of hydrogen-bond donors (Lipinski definition) is 1. The number of rotatable bonds is 6. The van der Waals surface area contributed by atoms with Crippen LogP contribution in [0.2, 0.25) is 5.02 Å². The molecule has 0 saturated heterocycles. The molecule has 0 aliphatic carbocycles. The summed E-state index contributed by atoms with van der Waals surface area (Å²) in [5.74, 6) is 1.31. The van der Waals surface area contributed by atoms with Gasteiger partial charge in [-0.05, 0) is 48.0 Å². The summed E-state index contributed by atoms with van der Waals surface area (Å²) in [6, 6.07) is 17.8. The van der Waals surface area contributed by atoms with Crippen LogP contribution in [0, 0.1) is 0 Å². The summed E-state index contributed by atoms with van der Waals surface area (Å²) in [6.45, 7) is 0. The Morgan fingerprint density at radius 3 is 2.57 bits per heavy atom. The van der Waals surface area contributed by atoms with Crippen LogP contribution in [0.3, 0.4) is 0 Å².